The van der Waals surface area contributed by atoms with Crippen molar-refractivity contribution >= 4 is 17.7 Å². The number of rotatable bonds is 7. The van der Waals surface area contributed by atoms with Crippen LogP contribution < -0.4 is 10.1 Å². The fourth-order valence-corrected chi connectivity index (χ4v) is 2.00. The molecule has 0 unspecified atom stereocenters. The molecule has 0 aliphatic rings. The van der Waals surface area contributed by atoms with Gasteiger partial charge in [0.05, 0.1) is 11.5 Å². The number of nitrogens with one attached hydrogen (secondary N) is 1. The molecule has 1 N–H and O–H groups in total. The van der Waals surface area contributed by atoms with Gasteiger partial charge in [-0.15, -0.1) is 0 Å². The first-order chi connectivity index (χ1) is 11.6. The molecular weight excluding hydrogens is 308 g/mol. The van der Waals surface area contributed by atoms with E-state index < -0.39 is 4.92 Å². The molecule has 2 aromatic carbocycles. The maximum Gasteiger partial charge on any atom is 0.269 e. The van der Waals surface area contributed by atoms with Gasteiger partial charge in [0.25, 0.3) is 5.69 Å². The Morgan fingerprint density at radius 3 is 2.42 bits per heavy atom. The van der Waals surface area contributed by atoms with E-state index in [1.54, 1.807) is 18.2 Å². The SMILES string of the molecule is CCOc1ccc(CNC(=O)/C=C/c2ccc([N+](=O)[O-])cc2)cc1. The second-order valence-electron chi connectivity index (χ2n) is 4.98. The van der Waals surface area contributed by atoms with Gasteiger partial charge in [-0.25, -0.2) is 0 Å². The van der Waals surface area contributed by atoms with Crippen molar-refractivity contribution in [3.63, 3.8) is 0 Å². The Morgan fingerprint density at radius 1 is 1.17 bits per heavy atom. The van der Waals surface area contributed by atoms with Gasteiger partial charge in [0.1, 0.15) is 5.75 Å². The lowest BCUT2D eigenvalue weighted by Gasteiger charge is -2.05. The molecule has 0 radical (unpaired) electrons. The van der Waals surface area contributed by atoms with Crippen LogP contribution in [0.25, 0.3) is 6.08 Å². The van der Waals surface area contributed by atoms with Crippen LogP contribution >= 0.6 is 0 Å². The first-order valence-corrected chi connectivity index (χ1v) is 7.50. The highest BCUT2D eigenvalue weighted by molar-refractivity contribution is 5.91. The molecule has 0 saturated carbocycles. The zero-order chi connectivity index (χ0) is 17.4. The summed E-state index contributed by atoms with van der Waals surface area (Å²) in [7, 11) is 0. The van der Waals surface area contributed by atoms with E-state index in [1.807, 2.05) is 31.2 Å². The average molecular weight is 326 g/mol. The fourth-order valence-electron chi connectivity index (χ4n) is 2.00. The number of non-ortho nitro benzene ring substituents is 1. The standard InChI is InChI=1S/C18H18N2O4/c1-2-24-17-10-5-15(6-11-17)13-19-18(21)12-7-14-3-8-16(9-4-14)20(22)23/h3-12H,2,13H2,1H3,(H,19,21)/b12-7+. The first-order valence-electron chi connectivity index (χ1n) is 7.50. The summed E-state index contributed by atoms with van der Waals surface area (Å²) in [5.74, 6) is 0.563. The van der Waals surface area contributed by atoms with Crippen LogP contribution in [0.15, 0.2) is 54.6 Å². The largest absolute Gasteiger partial charge is 0.494 e. The molecule has 0 aromatic heterocycles. The zero-order valence-corrected chi connectivity index (χ0v) is 13.3. The molecule has 0 saturated heterocycles. The summed E-state index contributed by atoms with van der Waals surface area (Å²) < 4.78 is 5.36. The number of nitro groups is 1. The smallest absolute Gasteiger partial charge is 0.269 e. The number of hydrogen-bond acceptors (Lipinski definition) is 4. The molecule has 0 atom stereocenters. The van der Waals surface area contributed by atoms with Crippen molar-refractivity contribution in [3.05, 3.63) is 75.8 Å². The second-order valence-corrected chi connectivity index (χ2v) is 4.98. The lowest BCUT2D eigenvalue weighted by molar-refractivity contribution is -0.384. The van der Waals surface area contributed by atoms with E-state index >= 15 is 0 Å². The van der Waals surface area contributed by atoms with Crippen LogP contribution in [0.5, 0.6) is 5.75 Å². The van der Waals surface area contributed by atoms with Crippen molar-refractivity contribution in [3.8, 4) is 5.75 Å². The van der Waals surface area contributed by atoms with Gasteiger partial charge in [0.2, 0.25) is 5.91 Å². The van der Waals surface area contributed by atoms with Gasteiger partial charge in [-0.3, -0.25) is 14.9 Å². The van der Waals surface area contributed by atoms with Crippen molar-refractivity contribution in [2.45, 2.75) is 13.5 Å². The molecule has 6 nitrogen and oxygen atoms in total. The van der Waals surface area contributed by atoms with E-state index in [-0.39, 0.29) is 11.6 Å². The Hall–Kier alpha value is -3.15. The predicted octanol–water partition coefficient (Wildman–Crippen LogP) is 3.32. The van der Waals surface area contributed by atoms with Crippen molar-refractivity contribution in [1.29, 1.82) is 0 Å². The lowest BCUT2D eigenvalue weighted by Crippen LogP contribution is -2.20. The summed E-state index contributed by atoms with van der Waals surface area (Å²) in [4.78, 5) is 21.9. The normalized spacial score (nSPS) is 10.5. The van der Waals surface area contributed by atoms with E-state index in [4.69, 9.17) is 4.74 Å². The minimum atomic E-state index is -0.461. The topological polar surface area (TPSA) is 81.5 Å². The molecule has 2 aromatic rings. The minimum Gasteiger partial charge on any atom is -0.494 e. The van der Waals surface area contributed by atoms with Gasteiger partial charge >= 0.3 is 0 Å². The van der Waals surface area contributed by atoms with Crippen molar-refractivity contribution in [2.75, 3.05) is 6.61 Å². The third kappa shape index (κ3) is 5.24. The molecule has 124 valence electrons. The Labute approximate surface area is 139 Å². The molecule has 0 aliphatic heterocycles. The van der Waals surface area contributed by atoms with E-state index in [2.05, 4.69) is 5.32 Å². The molecule has 0 aliphatic carbocycles. The van der Waals surface area contributed by atoms with Crippen molar-refractivity contribution in [1.82, 2.24) is 5.32 Å². The Bertz CT molecular complexity index is 722. The van der Waals surface area contributed by atoms with E-state index in [9.17, 15) is 14.9 Å². The maximum absolute atomic E-state index is 11.8. The molecule has 0 bridgehead atoms. The molecule has 6 heteroatoms. The van der Waals surface area contributed by atoms with Crippen LogP contribution in [-0.4, -0.2) is 17.4 Å². The molecule has 0 heterocycles. The van der Waals surface area contributed by atoms with E-state index in [0.717, 1.165) is 16.9 Å². The Morgan fingerprint density at radius 2 is 1.83 bits per heavy atom. The number of carbonyl (C=O) groups excluding carboxylic acids is 1. The Kier molecular flexibility index (Phi) is 6.08. The van der Waals surface area contributed by atoms with Crippen LogP contribution in [0, 0.1) is 10.1 Å². The second kappa shape index (κ2) is 8.47. The quantitative estimate of drug-likeness (QED) is 0.481. The highest BCUT2D eigenvalue weighted by Crippen LogP contribution is 2.13. The van der Waals surface area contributed by atoms with Gasteiger partial charge < -0.3 is 10.1 Å². The number of ether oxygens (including phenoxy) is 1. The van der Waals surface area contributed by atoms with Crippen LogP contribution in [0.1, 0.15) is 18.1 Å². The van der Waals surface area contributed by atoms with Crippen molar-refractivity contribution < 1.29 is 14.5 Å². The van der Waals surface area contributed by atoms with Gasteiger partial charge in [-0.05, 0) is 48.4 Å². The lowest BCUT2D eigenvalue weighted by atomic mass is 10.2. The van der Waals surface area contributed by atoms with E-state index in [0.29, 0.717) is 13.2 Å². The molecular formula is C18H18N2O4. The number of nitro benzene ring substituents is 1. The molecule has 2 rings (SSSR count). The predicted molar refractivity (Wildman–Crippen MR) is 91.6 cm³/mol. The Balaban J connectivity index is 1.85. The third-order valence-electron chi connectivity index (χ3n) is 3.23. The van der Waals surface area contributed by atoms with E-state index in [1.165, 1.54) is 18.2 Å². The number of benzene rings is 2. The third-order valence-corrected chi connectivity index (χ3v) is 3.23. The minimum absolute atomic E-state index is 0.0205. The highest BCUT2D eigenvalue weighted by atomic mass is 16.6. The van der Waals surface area contributed by atoms with Crippen molar-refractivity contribution in [2.24, 2.45) is 0 Å². The molecule has 1 amide bonds. The number of carbonyl (C=O) groups is 1. The summed E-state index contributed by atoms with van der Waals surface area (Å²) in [5.41, 5.74) is 1.71. The molecule has 24 heavy (non-hydrogen) atoms. The number of amides is 1. The summed E-state index contributed by atoms with van der Waals surface area (Å²) >= 11 is 0. The van der Waals surface area contributed by atoms with Crippen LogP contribution in [0.3, 0.4) is 0 Å². The highest BCUT2D eigenvalue weighted by Gasteiger charge is 2.03. The monoisotopic (exact) mass is 326 g/mol. The first kappa shape index (κ1) is 17.2. The van der Waals surface area contributed by atoms with Gasteiger partial charge in [0, 0.05) is 24.8 Å². The fraction of sp³-hybridized carbons (Fsp3) is 0.167. The van der Waals surface area contributed by atoms with Gasteiger partial charge in [0.15, 0.2) is 0 Å². The van der Waals surface area contributed by atoms with Gasteiger partial charge in [-0.2, -0.15) is 0 Å². The maximum atomic E-state index is 11.8. The summed E-state index contributed by atoms with van der Waals surface area (Å²) in [6, 6.07) is 13.5. The van der Waals surface area contributed by atoms with Crippen LogP contribution in [0.2, 0.25) is 0 Å². The molecule has 0 spiro atoms. The van der Waals surface area contributed by atoms with Crippen LogP contribution in [-0.2, 0) is 11.3 Å². The van der Waals surface area contributed by atoms with Crippen LogP contribution in [0.4, 0.5) is 5.69 Å². The summed E-state index contributed by atoms with van der Waals surface area (Å²) in [6.45, 7) is 2.95. The zero-order valence-electron chi connectivity index (χ0n) is 13.3. The summed E-state index contributed by atoms with van der Waals surface area (Å²) in [6.07, 6.45) is 3.01. The number of hydrogen-bond donors (Lipinski definition) is 1. The summed E-state index contributed by atoms with van der Waals surface area (Å²) in [5, 5.41) is 13.3. The van der Waals surface area contributed by atoms with Gasteiger partial charge in [-0.1, -0.05) is 12.1 Å². The number of nitrogens with zero attached hydrogens (tertiary/aromatic N) is 1. The molecule has 0 fully saturated rings. The average Bonchev–Trinajstić information content (AvgIpc) is 2.60.